The summed E-state index contributed by atoms with van der Waals surface area (Å²) < 4.78 is 25.3. The highest BCUT2D eigenvalue weighted by molar-refractivity contribution is 7.88. The second-order valence-electron chi connectivity index (χ2n) is 6.41. The molecule has 1 heterocycles. The van der Waals surface area contributed by atoms with Crippen LogP contribution in [-0.2, 0) is 10.0 Å². The van der Waals surface area contributed by atoms with Gasteiger partial charge in [-0.2, -0.15) is 0 Å². The van der Waals surface area contributed by atoms with Crippen LogP contribution in [0.3, 0.4) is 0 Å². The first kappa shape index (κ1) is 17.7. The third-order valence-electron chi connectivity index (χ3n) is 4.01. The quantitative estimate of drug-likeness (QED) is 0.873. The molecule has 0 bridgehead atoms. The van der Waals surface area contributed by atoms with Crippen molar-refractivity contribution in [1.82, 2.24) is 9.62 Å². The summed E-state index contributed by atoms with van der Waals surface area (Å²) in [6.45, 7) is 4.92. The lowest BCUT2D eigenvalue weighted by Gasteiger charge is -2.33. The van der Waals surface area contributed by atoms with Crippen LogP contribution in [0.2, 0.25) is 0 Å². The molecule has 1 atom stereocenters. The van der Waals surface area contributed by atoms with Gasteiger partial charge in [-0.25, -0.2) is 13.1 Å². The minimum atomic E-state index is -3.30. The van der Waals surface area contributed by atoms with Crippen LogP contribution >= 0.6 is 0 Å². The van der Waals surface area contributed by atoms with E-state index < -0.39 is 10.0 Å². The highest BCUT2D eigenvalue weighted by Crippen LogP contribution is 2.25. The Balaban J connectivity index is 2.18. The predicted octanol–water partition coefficient (Wildman–Crippen LogP) is 1.67. The number of aromatic hydroxyl groups is 1. The summed E-state index contributed by atoms with van der Waals surface area (Å²) in [6, 6.07) is 4.79. The van der Waals surface area contributed by atoms with Gasteiger partial charge < -0.3 is 10.0 Å². The van der Waals surface area contributed by atoms with Crippen LogP contribution in [0.1, 0.15) is 48.5 Å². The van der Waals surface area contributed by atoms with E-state index in [9.17, 15) is 18.3 Å². The lowest BCUT2D eigenvalue weighted by Crippen LogP contribution is -2.49. The van der Waals surface area contributed by atoms with Gasteiger partial charge in [0.25, 0.3) is 5.91 Å². The van der Waals surface area contributed by atoms with Crippen LogP contribution in [0.5, 0.6) is 5.75 Å². The number of piperidine rings is 1. The van der Waals surface area contributed by atoms with E-state index >= 15 is 0 Å². The van der Waals surface area contributed by atoms with E-state index in [-0.39, 0.29) is 29.2 Å². The van der Waals surface area contributed by atoms with Gasteiger partial charge in [-0.3, -0.25) is 4.79 Å². The minimum absolute atomic E-state index is 0.0439. The zero-order chi connectivity index (χ0) is 17.2. The van der Waals surface area contributed by atoms with Gasteiger partial charge in [0, 0.05) is 19.1 Å². The van der Waals surface area contributed by atoms with Gasteiger partial charge in [-0.05, 0) is 36.5 Å². The van der Waals surface area contributed by atoms with Gasteiger partial charge in [-0.15, -0.1) is 0 Å². The highest BCUT2D eigenvalue weighted by Gasteiger charge is 2.27. The predicted molar refractivity (Wildman–Crippen MR) is 89.1 cm³/mol. The van der Waals surface area contributed by atoms with Crippen molar-refractivity contribution in [2.45, 2.75) is 38.6 Å². The average Bonchev–Trinajstić information content (AvgIpc) is 2.45. The number of nitrogens with zero attached hydrogens (tertiary/aromatic N) is 1. The Kier molecular flexibility index (Phi) is 5.31. The van der Waals surface area contributed by atoms with Gasteiger partial charge >= 0.3 is 0 Å². The molecule has 0 aliphatic carbocycles. The standard InChI is InChI=1S/C16H24N2O4S/c1-11(2)12-6-7-15(19)14(9-12)16(20)18-8-4-5-13(10-18)17-23(3,21)22/h6-7,9,11,13,17,19H,4-5,8,10H2,1-3H3/t13-/m0/s1. The SMILES string of the molecule is CC(C)c1ccc(O)c(C(=O)N2CCC[C@H](NS(C)(=O)=O)C2)c1. The minimum Gasteiger partial charge on any atom is -0.507 e. The van der Waals surface area contributed by atoms with Crippen LogP contribution in [0.4, 0.5) is 0 Å². The van der Waals surface area contributed by atoms with Gasteiger partial charge in [0.2, 0.25) is 10.0 Å². The topological polar surface area (TPSA) is 86.7 Å². The molecule has 1 amide bonds. The number of phenols is 1. The van der Waals surface area contributed by atoms with Gasteiger partial charge in [0.15, 0.2) is 0 Å². The Morgan fingerprint density at radius 3 is 2.70 bits per heavy atom. The fourth-order valence-electron chi connectivity index (χ4n) is 2.81. The highest BCUT2D eigenvalue weighted by atomic mass is 32.2. The summed E-state index contributed by atoms with van der Waals surface area (Å²) in [5.41, 5.74) is 1.25. The third kappa shape index (κ3) is 4.68. The lowest BCUT2D eigenvalue weighted by molar-refractivity contribution is 0.0700. The first-order valence-corrected chi connectivity index (χ1v) is 9.66. The van der Waals surface area contributed by atoms with Crippen LogP contribution in [0.25, 0.3) is 0 Å². The molecule has 7 heteroatoms. The van der Waals surface area contributed by atoms with E-state index in [0.29, 0.717) is 19.5 Å². The number of likely N-dealkylation sites (tertiary alicyclic amines) is 1. The fourth-order valence-corrected chi connectivity index (χ4v) is 3.61. The average molecular weight is 340 g/mol. The lowest BCUT2D eigenvalue weighted by atomic mass is 9.99. The zero-order valence-electron chi connectivity index (χ0n) is 13.7. The maximum absolute atomic E-state index is 12.7. The van der Waals surface area contributed by atoms with Crippen molar-refractivity contribution in [3.8, 4) is 5.75 Å². The Bertz CT molecular complexity index is 685. The van der Waals surface area contributed by atoms with Gasteiger partial charge in [-0.1, -0.05) is 19.9 Å². The first-order chi connectivity index (χ1) is 10.7. The molecule has 128 valence electrons. The molecular weight excluding hydrogens is 316 g/mol. The molecule has 1 aliphatic rings. The Morgan fingerprint density at radius 2 is 2.09 bits per heavy atom. The molecule has 1 aromatic rings. The Morgan fingerprint density at radius 1 is 1.39 bits per heavy atom. The molecule has 1 aromatic carbocycles. The number of nitrogens with one attached hydrogen (secondary N) is 1. The van der Waals surface area contributed by atoms with Crippen LogP contribution in [-0.4, -0.2) is 49.7 Å². The maximum Gasteiger partial charge on any atom is 0.257 e. The number of amides is 1. The van der Waals surface area contributed by atoms with E-state index in [1.165, 1.54) is 0 Å². The number of carbonyl (C=O) groups is 1. The molecule has 0 unspecified atom stereocenters. The summed E-state index contributed by atoms with van der Waals surface area (Å²) >= 11 is 0. The molecule has 1 saturated heterocycles. The molecule has 23 heavy (non-hydrogen) atoms. The van der Waals surface area contributed by atoms with Crippen molar-refractivity contribution in [3.05, 3.63) is 29.3 Å². The zero-order valence-corrected chi connectivity index (χ0v) is 14.6. The van der Waals surface area contributed by atoms with Gasteiger partial charge in [0.1, 0.15) is 5.75 Å². The second-order valence-corrected chi connectivity index (χ2v) is 8.19. The summed E-state index contributed by atoms with van der Waals surface area (Å²) in [5.74, 6) is -0.0502. The molecular formula is C16H24N2O4S. The number of hydrogen-bond donors (Lipinski definition) is 2. The molecule has 1 fully saturated rings. The van der Waals surface area contributed by atoms with Crippen LogP contribution in [0.15, 0.2) is 18.2 Å². The smallest absolute Gasteiger partial charge is 0.257 e. The largest absolute Gasteiger partial charge is 0.507 e. The Hall–Kier alpha value is -1.60. The molecule has 6 nitrogen and oxygen atoms in total. The third-order valence-corrected chi connectivity index (χ3v) is 4.77. The monoisotopic (exact) mass is 340 g/mol. The maximum atomic E-state index is 12.7. The number of rotatable bonds is 4. The summed E-state index contributed by atoms with van der Waals surface area (Å²) in [6.07, 6.45) is 2.55. The van der Waals surface area contributed by atoms with Crippen molar-refractivity contribution in [3.63, 3.8) is 0 Å². The van der Waals surface area contributed by atoms with Crippen molar-refractivity contribution in [2.75, 3.05) is 19.3 Å². The summed E-state index contributed by atoms with van der Waals surface area (Å²) in [5, 5.41) is 10.0. The van der Waals surface area contributed by atoms with E-state index in [4.69, 9.17) is 0 Å². The van der Waals surface area contributed by atoms with Crippen molar-refractivity contribution < 1.29 is 18.3 Å². The number of benzene rings is 1. The molecule has 1 aliphatic heterocycles. The van der Waals surface area contributed by atoms with E-state index in [2.05, 4.69) is 4.72 Å². The van der Waals surface area contributed by atoms with Crippen LogP contribution in [0, 0.1) is 0 Å². The molecule has 0 saturated carbocycles. The molecule has 2 N–H and O–H groups in total. The number of sulfonamides is 1. The molecule has 0 spiro atoms. The summed E-state index contributed by atoms with van der Waals surface area (Å²) in [4.78, 5) is 14.3. The number of carbonyl (C=O) groups excluding carboxylic acids is 1. The molecule has 2 rings (SSSR count). The molecule has 0 aromatic heterocycles. The van der Waals surface area contributed by atoms with E-state index in [0.717, 1.165) is 18.2 Å². The van der Waals surface area contributed by atoms with E-state index in [1.54, 1.807) is 23.1 Å². The Labute approximate surface area is 137 Å². The van der Waals surface area contributed by atoms with Gasteiger partial charge in [0.05, 0.1) is 11.8 Å². The van der Waals surface area contributed by atoms with Crippen molar-refractivity contribution in [2.24, 2.45) is 0 Å². The van der Waals surface area contributed by atoms with Crippen LogP contribution < -0.4 is 4.72 Å². The molecule has 0 radical (unpaired) electrons. The van der Waals surface area contributed by atoms with Crippen molar-refractivity contribution >= 4 is 15.9 Å². The van der Waals surface area contributed by atoms with E-state index in [1.807, 2.05) is 13.8 Å². The summed E-state index contributed by atoms with van der Waals surface area (Å²) in [7, 11) is -3.30. The second kappa shape index (κ2) is 6.88. The first-order valence-electron chi connectivity index (χ1n) is 7.77. The van der Waals surface area contributed by atoms with Crippen molar-refractivity contribution in [1.29, 1.82) is 0 Å². The normalized spacial score (nSPS) is 19.1. The fraction of sp³-hybridized carbons (Fsp3) is 0.562. The number of phenolic OH excluding ortho intramolecular Hbond substituents is 1. The number of hydrogen-bond acceptors (Lipinski definition) is 4.